The predicted molar refractivity (Wildman–Crippen MR) is 183 cm³/mol. The van der Waals surface area contributed by atoms with Crippen LogP contribution in [0.2, 0.25) is 0 Å². The van der Waals surface area contributed by atoms with Gasteiger partial charge in [-0.25, -0.2) is 4.79 Å². The second-order valence-electron chi connectivity index (χ2n) is 13.5. The smallest absolute Gasteiger partial charge is 0.333 e. The SMILES string of the molecule is CCCCCCCCCCCCCCCCC(COC(CC)n1ccc(=O)n(CC[N+](C)(C)C)c1=O)OCc1ccccc1. The minimum Gasteiger partial charge on any atom is -0.371 e. The molecule has 0 aliphatic rings. The summed E-state index contributed by atoms with van der Waals surface area (Å²) < 4.78 is 16.3. The van der Waals surface area contributed by atoms with Gasteiger partial charge in [-0.15, -0.1) is 0 Å². The molecule has 0 radical (unpaired) electrons. The molecule has 1 aromatic heterocycles. The van der Waals surface area contributed by atoms with Gasteiger partial charge in [-0.3, -0.25) is 13.9 Å². The Bertz CT molecular complexity index is 1110. The van der Waals surface area contributed by atoms with Crippen LogP contribution in [-0.2, 0) is 22.6 Å². The van der Waals surface area contributed by atoms with Gasteiger partial charge in [0.15, 0.2) is 0 Å². The van der Waals surface area contributed by atoms with Crippen molar-refractivity contribution >= 4 is 0 Å². The van der Waals surface area contributed by atoms with E-state index in [2.05, 4.69) is 40.2 Å². The molecule has 2 aromatic rings. The number of quaternary nitrogens is 1. The molecule has 2 rings (SSSR count). The van der Waals surface area contributed by atoms with E-state index in [-0.39, 0.29) is 17.4 Å². The van der Waals surface area contributed by atoms with Crippen molar-refractivity contribution in [3.05, 3.63) is 69.0 Å². The maximum atomic E-state index is 13.3. The van der Waals surface area contributed by atoms with Crippen LogP contribution in [0.5, 0.6) is 0 Å². The topological polar surface area (TPSA) is 62.5 Å². The Morgan fingerprint density at radius 3 is 1.84 bits per heavy atom. The maximum Gasteiger partial charge on any atom is 0.333 e. The fourth-order valence-electron chi connectivity index (χ4n) is 5.54. The molecule has 7 heteroatoms. The third-order valence-corrected chi connectivity index (χ3v) is 8.43. The zero-order valence-electron chi connectivity index (χ0n) is 28.8. The van der Waals surface area contributed by atoms with Crippen LogP contribution in [0, 0.1) is 0 Å². The highest BCUT2D eigenvalue weighted by molar-refractivity contribution is 5.13. The summed E-state index contributed by atoms with van der Waals surface area (Å²) in [5, 5.41) is 0. The van der Waals surface area contributed by atoms with Gasteiger partial charge in [0.05, 0.1) is 53.6 Å². The van der Waals surface area contributed by atoms with Gasteiger partial charge in [-0.2, -0.15) is 0 Å². The molecule has 0 fully saturated rings. The number of benzene rings is 1. The molecule has 0 bridgehead atoms. The lowest BCUT2D eigenvalue weighted by Gasteiger charge is -2.25. The minimum atomic E-state index is -0.447. The van der Waals surface area contributed by atoms with E-state index in [1.54, 1.807) is 10.8 Å². The van der Waals surface area contributed by atoms with Gasteiger partial charge < -0.3 is 14.0 Å². The summed E-state index contributed by atoms with van der Waals surface area (Å²) in [5.74, 6) is 0. The number of hydrogen-bond donors (Lipinski definition) is 0. The summed E-state index contributed by atoms with van der Waals surface area (Å²) in [7, 11) is 6.16. The highest BCUT2D eigenvalue weighted by Gasteiger charge is 2.19. The van der Waals surface area contributed by atoms with E-state index in [0.717, 1.165) is 18.4 Å². The highest BCUT2D eigenvalue weighted by atomic mass is 16.5. The number of hydrogen-bond acceptors (Lipinski definition) is 4. The number of unbranched alkanes of at least 4 members (excludes halogenated alkanes) is 13. The number of ether oxygens (including phenoxy) is 2. The van der Waals surface area contributed by atoms with E-state index in [1.807, 2.05) is 25.1 Å². The molecule has 0 aliphatic carbocycles. The average molecular weight is 615 g/mol. The van der Waals surface area contributed by atoms with E-state index in [4.69, 9.17) is 9.47 Å². The van der Waals surface area contributed by atoms with Crippen molar-refractivity contribution in [2.75, 3.05) is 34.3 Å². The summed E-state index contributed by atoms with van der Waals surface area (Å²) in [4.78, 5) is 25.8. The van der Waals surface area contributed by atoms with Crippen LogP contribution >= 0.6 is 0 Å². The highest BCUT2D eigenvalue weighted by Crippen LogP contribution is 2.18. The Labute approximate surface area is 268 Å². The molecule has 1 heterocycles. The van der Waals surface area contributed by atoms with Crippen LogP contribution in [0.4, 0.5) is 0 Å². The summed E-state index contributed by atoms with van der Waals surface area (Å²) in [5.41, 5.74) is 0.564. The second kappa shape index (κ2) is 22.3. The van der Waals surface area contributed by atoms with E-state index in [1.165, 1.54) is 94.1 Å². The Morgan fingerprint density at radius 1 is 0.727 bits per heavy atom. The molecular formula is C37H64N3O4+. The van der Waals surface area contributed by atoms with Crippen LogP contribution in [0.25, 0.3) is 0 Å². The lowest BCUT2D eigenvalue weighted by atomic mass is 10.0. The number of aromatic nitrogens is 2. The molecule has 0 amide bonds. The Balaban J connectivity index is 1.82. The first-order chi connectivity index (χ1) is 21.2. The lowest BCUT2D eigenvalue weighted by molar-refractivity contribution is -0.871. The van der Waals surface area contributed by atoms with E-state index >= 15 is 0 Å². The molecule has 2 atom stereocenters. The number of rotatable bonds is 26. The fourth-order valence-corrected chi connectivity index (χ4v) is 5.54. The van der Waals surface area contributed by atoms with Gasteiger partial charge in [-0.1, -0.05) is 134 Å². The summed E-state index contributed by atoms with van der Waals surface area (Å²) in [6.07, 6.45) is 21.4. The van der Waals surface area contributed by atoms with Crippen LogP contribution in [0.1, 0.15) is 128 Å². The third-order valence-electron chi connectivity index (χ3n) is 8.43. The number of nitrogens with zero attached hydrogens (tertiary/aromatic N) is 3. The maximum absolute atomic E-state index is 13.3. The Kier molecular flexibility index (Phi) is 19.3. The van der Waals surface area contributed by atoms with Crippen molar-refractivity contribution in [2.45, 2.75) is 142 Å². The monoisotopic (exact) mass is 614 g/mol. The van der Waals surface area contributed by atoms with Crippen molar-refractivity contribution in [1.29, 1.82) is 0 Å². The van der Waals surface area contributed by atoms with Crippen molar-refractivity contribution in [2.24, 2.45) is 0 Å². The van der Waals surface area contributed by atoms with Crippen LogP contribution in [-0.4, -0.2) is 54.0 Å². The molecule has 2 unspecified atom stereocenters. The van der Waals surface area contributed by atoms with Gasteiger partial charge in [0.1, 0.15) is 6.23 Å². The zero-order valence-corrected chi connectivity index (χ0v) is 28.8. The standard InChI is InChI=1S/C37H64N3O4/c1-6-8-9-10-11-12-13-14-15-16-17-18-19-23-26-34(43-31-33-24-21-20-22-25-33)32-44-36(7-2)39-28-27-35(41)38(37(39)42)29-30-40(3,4)5/h20-22,24-25,27-28,34,36H,6-19,23,26,29-32H2,1-5H3/q+1. The first-order valence-corrected chi connectivity index (χ1v) is 17.6. The molecular weight excluding hydrogens is 550 g/mol. The molecule has 0 saturated heterocycles. The van der Waals surface area contributed by atoms with Gasteiger partial charge in [0.2, 0.25) is 0 Å². The normalized spacial score (nSPS) is 13.3. The first kappa shape index (κ1) is 38.0. The largest absolute Gasteiger partial charge is 0.371 e. The molecule has 1 aromatic carbocycles. The van der Waals surface area contributed by atoms with E-state index in [9.17, 15) is 9.59 Å². The molecule has 0 N–H and O–H groups in total. The van der Waals surface area contributed by atoms with Gasteiger partial charge in [0, 0.05) is 12.3 Å². The molecule has 250 valence electrons. The molecule has 7 nitrogen and oxygen atoms in total. The predicted octanol–water partition coefficient (Wildman–Crippen LogP) is 8.10. The molecule has 0 aliphatic heterocycles. The zero-order chi connectivity index (χ0) is 32.0. The van der Waals surface area contributed by atoms with Crippen molar-refractivity contribution < 1.29 is 14.0 Å². The summed E-state index contributed by atoms with van der Waals surface area (Å²) >= 11 is 0. The fraction of sp³-hybridized carbons (Fsp3) is 0.730. The molecule has 44 heavy (non-hydrogen) atoms. The lowest BCUT2D eigenvalue weighted by Crippen LogP contribution is -2.45. The van der Waals surface area contributed by atoms with E-state index in [0.29, 0.717) is 37.2 Å². The van der Waals surface area contributed by atoms with Crippen LogP contribution in [0.3, 0.4) is 0 Å². The second-order valence-corrected chi connectivity index (χ2v) is 13.5. The minimum absolute atomic E-state index is 0.0543. The third kappa shape index (κ3) is 16.2. The Morgan fingerprint density at radius 2 is 1.30 bits per heavy atom. The number of likely N-dealkylation sites (N-methyl/N-ethyl adjacent to an activating group) is 1. The van der Waals surface area contributed by atoms with Crippen molar-refractivity contribution in [1.82, 2.24) is 9.13 Å². The van der Waals surface area contributed by atoms with Crippen LogP contribution in [0.15, 0.2) is 52.2 Å². The van der Waals surface area contributed by atoms with Gasteiger partial charge in [0.25, 0.3) is 5.56 Å². The van der Waals surface area contributed by atoms with Gasteiger partial charge in [-0.05, 0) is 18.4 Å². The van der Waals surface area contributed by atoms with Crippen molar-refractivity contribution in [3.8, 4) is 0 Å². The Hall–Kier alpha value is -2.22. The summed E-state index contributed by atoms with van der Waals surface area (Å²) in [6.45, 7) is 6.30. The molecule has 0 saturated carbocycles. The quantitative estimate of drug-likeness (QED) is 0.0794. The summed E-state index contributed by atoms with van der Waals surface area (Å²) in [6, 6.07) is 11.7. The average Bonchev–Trinajstić information content (AvgIpc) is 3.00. The molecule has 0 spiro atoms. The van der Waals surface area contributed by atoms with Gasteiger partial charge >= 0.3 is 5.69 Å². The van der Waals surface area contributed by atoms with Crippen molar-refractivity contribution in [3.63, 3.8) is 0 Å². The van der Waals surface area contributed by atoms with Crippen LogP contribution < -0.4 is 11.2 Å². The first-order valence-electron chi connectivity index (χ1n) is 17.6. The van der Waals surface area contributed by atoms with E-state index < -0.39 is 6.23 Å².